The van der Waals surface area contributed by atoms with E-state index >= 15 is 0 Å². The summed E-state index contributed by atoms with van der Waals surface area (Å²) >= 11 is 1.16. The number of methoxy groups -OCH3 is 1. The molecule has 0 spiro atoms. The molecule has 1 aliphatic heterocycles. The summed E-state index contributed by atoms with van der Waals surface area (Å²) in [5.41, 5.74) is 1.61. The van der Waals surface area contributed by atoms with Crippen LogP contribution in [0.25, 0.3) is 0 Å². The van der Waals surface area contributed by atoms with Crippen LogP contribution < -0.4 is 9.47 Å². The van der Waals surface area contributed by atoms with Crippen molar-refractivity contribution in [1.82, 2.24) is 19.2 Å². The molecule has 0 N–H and O–H groups in total. The number of hydrogen-bond donors (Lipinski definition) is 0. The van der Waals surface area contributed by atoms with Gasteiger partial charge in [-0.1, -0.05) is 30.3 Å². The number of rotatable bonds is 6. The number of ether oxygens (including phenoxy) is 2. The summed E-state index contributed by atoms with van der Waals surface area (Å²) in [5, 5.41) is 0.383. The van der Waals surface area contributed by atoms with Gasteiger partial charge in [0.2, 0.25) is 5.91 Å². The second-order valence-electron chi connectivity index (χ2n) is 7.40. The maximum absolute atomic E-state index is 13.0. The molecule has 0 bridgehead atoms. The van der Waals surface area contributed by atoms with Crippen LogP contribution in [0.5, 0.6) is 16.7 Å². The maximum Gasteiger partial charge on any atom is 0.298 e. The fraction of sp³-hybridized carbons (Fsp3) is 0.304. The van der Waals surface area contributed by atoms with E-state index in [4.69, 9.17) is 9.47 Å². The lowest BCUT2D eigenvalue weighted by Gasteiger charge is -2.34. The molecule has 2 heterocycles. The summed E-state index contributed by atoms with van der Waals surface area (Å²) < 4.78 is 15.7. The standard InChI is InChI=1S/C23H24N4O4S/c1-16(28)26-10-12-27(13-11-26)22(29)18-8-9-19(30-2)20(15-18)31-23-24-21(25-32-23)14-17-6-4-3-5-7-17/h3-9,15H,10-14H2,1-2H3. The lowest BCUT2D eigenvalue weighted by Crippen LogP contribution is -2.50. The molecule has 3 aromatic rings. The van der Waals surface area contributed by atoms with E-state index in [1.807, 2.05) is 30.3 Å². The highest BCUT2D eigenvalue weighted by atomic mass is 32.1. The van der Waals surface area contributed by atoms with Gasteiger partial charge in [0, 0.05) is 56.6 Å². The van der Waals surface area contributed by atoms with E-state index < -0.39 is 0 Å². The Morgan fingerprint density at radius 2 is 1.72 bits per heavy atom. The van der Waals surface area contributed by atoms with Crippen LogP contribution in [0.1, 0.15) is 28.7 Å². The second kappa shape index (κ2) is 9.78. The Morgan fingerprint density at radius 3 is 2.41 bits per heavy atom. The molecule has 2 amide bonds. The Labute approximate surface area is 190 Å². The zero-order chi connectivity index (χ0) is 22.5. The Morgan fingerprint density at radius 1 is 1.00 bits per heavy atom. The predicted molar refractivity (Wildman–Crippen MR) is 120 cm³/mol. The quantitative estimate of drug-likeness (QED) is 0.571. The molecule has 1 aliphatic rings. The summed E-state index contributed by atoms with van der Waals surface area (Å²) in [6.07, 6.45) is 0.614. The molecule has 0 unspecified atom stereocenters. The summed E-state index contributed by atoms with van der Waals surface area (Å²) in [4.78, 5) is 32.5. The molecule has 1 aromatic heterocycles. The molecule has 4 rings (SSSR count). The first-order valence-corrected chi connectivity index (χ1v) is 11.1. The van der Waals surface area contributed by atoms with Crippen LogP contribution in [0.3, 0.4) is 0 Å². The normalized spacial score (nSPS) is 13.7. The van der Waals surface area contributed by atoms with Crippen LogP contribution in [0.4, 0.5) is 0 Å². The molecule has 0 aliphatic carbocycles. The summed E-state index contributed by atoms with van der Waals surface area (Å²) in [6.45, 7) is 3.62. The lowest BCUT2D eigenvalue weighted by molar-refractivity contribution is -0.130. The Kier molecular flexibility index (Phi) is 6.65. The van der Waals surface area contributed by atoms with Gasteiger partial charge in [0.1, 0.15) is 0 Å². The van der Waals surface area contributed by atoms with Gasteiger partial charge < -0.3 is 19.3 Å². The van der Waals surface area contributed by atoms with Crippen molar-refractivity contribution >= 4 is 23.3 Å². The lowest BCUT2D eigenvalue weighted by atomic mass is 10.1. The van der Waals surface area contributed by atoms with Crippen molar-refractivity contribution in [3.63, 3.8) is 0 Å². The van der Waals surface area contributed by atoms with Crippen molar-refractivity contribution in [1.29, 1.82) is 0 Å². The van der Waals surface area contributed by atoms with Gasteiger partial charge in [-0.2, -0.15) is 9.36 Å². The fourth-order valence-electron chi connectivity index (χ4n) is 3.52. The van der Waals surface area contributed by atoms with Crippen LogP contribution in [-0.4, -0.2) is 64.3 Å². The van der Waals surface area contributed by atoms with E-state index in [9.17, 15) is 9.59 Å². The number of amides is 2. The largest absolute Gasteiger partial charge is 0.493 e. The number of aromatic nitrogens is 2. The first-order chi connectivity index (χ1) is 15.5. The van der Waals surface area contributed by atoms with Gasteiger partial charge in [-0.05, 0) is 23.8 Å². The molecular weight excluding hydrogens is 428 g/mol. The molecule has 32 heavy (non-hydrogen) atoms. The third-order valence-corrected chi connectivity index (χ3v) is 5.91. The SMILES string of the molecule is COc1ccc(C(=O)N2CCN(C(C)=O)CC2)cc1Oc1nc(Cc2ccccc2)ns1. The zero-order valence-corrected chi connectivity index (χ0v) is 18.8. The van der Waals surface area contributed by atoms with E-state index in [-0.39, 0.29) is 11.8 Å². The van der Waals surface area contributed by atoms with Gasteiger partial charge >= 0.3 is 0 Å². The van der Waals surface area contributed by atoms with E-state index in [0.717, 1.165) is 17.1 Å². The highest BCUT2D eigenvalue weighted by molar-refractivity contribution is 7.07. The Hall–Kier alpha value is -3.46. The number of carbonyl (C=O) groups excluding carboxylic acids is 2. The van der Waals surface area contributed by atoms with Crippen molar-refractivity contribution < 1.29 is 19.1 Å². The monoisotopic (exact) mass is 452 g/mol. The van der Waals surface area contributed by atoms with Gasteiger partial charge in [0.05, 0.1) is 7.11 Å². The van der Waals surface area contributed by atoms with Gasteiger partial charge in [-0.15, -0.1) is 0 Å². The van der Waals surface area contributed by atoms with Crippen molar-refractivity contribution in [3.8, 4) is 16.7 Å². The Balaban J connectivity index is 1.47. The maximum atomic E-state index is 13.0. The van der Waals surface area contributed by atoms with Gasteiger partial charge in [-0.25, -0.2) is 0 Å². The second-order valence-corrected chi connectivity index (χ2v) is 8.12. The molecule has 9 heteroatoms. The molecular formula is C23H24N4O4S. The van der Waals surface area contributed by atoms with Crippen LogP contribution in [0.15, 0.2) is 48.5 Å². The molecule has 166 valence electrons. The smallest absolute Gasteiger partial charge is 0.298 e. The number of nitrogens with zero attached hydrogens (tertiary/aromatic N) is 4. The average Bonchev–Trinajstić information content (AvgIpc) is 3.26. The number of hydrogen-bond acceptors (Lipinski definition) is 7. The van der Waals surface area contributed by atoms with Crippen molar-refractivity contribution in [2.24, 2.45) is 0 Å². The molecule has 0 saturated carbocycles. The van der Waals surface area contributed by atoms with Crippen LogP contribution in [0.2, 0.25) is 0 Å². The average molecular weight is 453 g/mol. The van der Waals surface area contributed by atoms with Gasteiger partial charge in [-0.3, -0.25) is 9.59 Å². The molecule has 1 saturated heterocycles. The molecule has 8 nitrogen and oxygen atoms in total. The first kappa shape index (κ1) is 21.8. The van der Waals surface area contributed by atoms with Crippen molar-refractivity contribution in [2.75, 3.05) is 33.3 Å². The number of carbonyl (C=O) groups is 2. The molecule has 2 aromatic carbocycles. The summed E-state index contributed by atoms with van der Waals surface area (Å²) in [5.74, 6) is 1.50. The minimum Gasteiger partial charge on any atom is -0.493 e. The fourth-order valence-corrected chi connectivity index (χ4v) is 4.08. The minimum atomic E-state index is -0.109. The highest BCUT2D eigenvalue weighted by Gasteiger charge is 2.24. The molecule has 1 fully saturated rings. The zero-order valence-electron chi connectivity index (χ0n) is 18.0. The van der Waals surface area contributed by atoms with Crippen LogP contribution >= 0.6 is 11.5 Å². The topological polar surface area (TPSA) is 84.9 Å². The van der Waals surface area contributed by atoms with E-state index in [1.54, 1.807) is 42.0 Å². The number of piperazine rings is 1. The summed E-state index contributed by atoms with van der Waals surface area (Å²) in [7, 11) is 1.55. The van der Waals surface area contributed by atoms with Crippen LogP contribution in [0, 0.1) is 0 Å². The first-order valence-electron chi connectivity index (χ1n) is 10.3. The van der Waals surface area contributed by atoms with E-state index in [0.29, 0.717) is 60.7 Å². The minimum absolute atomic E-state index is 0.0286. The summed E-state index contributed by atoms with van der Waals surface area (Å²) in [6, 6.07) is 15.1. The highest BCUT2D eigenvalue weighted by Crippen LogP contribution is 2.33. The Bertz CT molecular complexity index is 1090. The van der Waals surface area contributed by atoms with E-state index in [1.165, 1.54) is 0 Å². The van der Waals surface area contributed by atoms with Gasteiger partial charge in [0.25, 0.3) is 11.1 Å². The van der Waals surface area contributed by atoms with E-state index in [2.05, 4.69) is 9.36 Å². The van der Waals surface area contributed by atoms with Crippen LogP contribution in [-0.2, 0) is 11.2 Å². The van der Waals surface area contributed by atoms with Crippen molar-refractivity contribution in [3.05, 3.63) is 65.5 Å². The third-order valence-electron chi connectivity index (χ3n) is 5.27. The predicted octanol–water partition coefficient (Wildman–Crippen LogP) is 3.23. The third kappa shape index (κ3) is 5.05. The molecule has 0 radical (unpaired) electrons. The van der Waals surface area contributed by atoms with Crippen molar-refractivity contribution in [2.45, 2.75) is 13.3 Å². The van der Waals surface area contributed by atoms with Gasteiger partial charge in [0.15, 0.2) is 17.3 Å². The molecule has 0 atom stereocenters. The number of benzene rings is 2.